The maximum Gasteiger partial charge on any atom is 0.150 e. The predicted molar refractivity (Wildman–Crippen MR) is 38.3 cm³/mol. The lowest BCUT2D eigenvalue weighted by molar-refractivity contribution is -0.125. The molecule has 0 spiro atoms. The molecule has 0 rings (SSSR count). The summed E-state index contributed by atoms with van der Waals surface area (Å²) in [5.41, 5.74) is 9.85. The number of carbonyl (C=O) groups excluding carboxylic acids is 1. The van der Waals surface area contributed by atoms with Crippen LogP contribution in [0.15, 0.2) is 0 Å². The van der Waals surface area contributed by atoms with Gasteiger partial charge in [-0.2, -0.15) is 0 Å². The SMILES string of the molecule is COC(C)(N)C(N)C(C)=O. The molecule has 2 atom stereocenters. The second-order valence-corrected chi connectivity index (χ2v) is 2.48. The predicted octanol–water partition coefficient (Wildman–Crippen LogP) is -0.776. The van der Waals surface area contributed by atoms with Gasteiger partial charge in [0.2, 0.25) is 0 Å². The molecule has 0 saturated heterocycles. The highest BCUT2D eigenvalue weighted by Crippen LogP contribution is 2.04. The highest BCUT2D eigenvalue weighted by molar-refractivity contribution is 5.82. The van der Waals surface area contributed by atoms with Crippen LogP contribution < -0.4 is 11.5 Å². The van der Waals surface area contributed by atoms with Crippen molar-refractivity contribution in [1.82, 2.24) is 0 Å². The number of nitrogens with two attached hydrogens (primary N) is 2. The fraction of sp³-hybridized carbons (Fsp3) is 0.833. The maximum absolute atomic E-state index is 10.7. The standard InChI is InChI=1S/C6H14N2O2/c1-4(9)5(7)6(2,8)10-3/h5H,7-8H2,1-3H3. The van der Waals surface area contributed by atoms with Gasteiger partial charge < -0.3 is 16.2 Å². The minimum Gasteiger partial charge on any atom is -0.362 e. The molecule has 4 nitrogen and oxygen atoms in total. The Morgan fingerprint density at radius 1 is 1.70 bits per heavy atom. The van der Waals surface area contributed by atoms with Crippen LogP contribution in [0.1, 0.15) is 13.8 Å². The molecule has 0 aliphatic rings. The Morgan fingerprint density at radius 3 is 2.20 bits per heavy atom. The van der Waals surface area contributed by atoms with Gasteiger partial charge in [-0.05, 0) is 13.8 Å². The molecule has 2 unspecified atom stereocenters. The van der Waals surface area contributed by atoms with Gasteiger partial charge in [0.1, 0.15) is 11.8 Å². The second-order valence-electron chi connectivity index (χ2n) is 2.48. The third-order valence-corrected chi connectivity index (χ3v) is 1.50. The highest BCUT2D eigenvalue weighted by atomic mass is 16.5. The summed E-state index contributed by atoms with van der Waals surface area (Å²) in [6.07, 6.45) is 0. The molecule has 4 heteroatoms. The summed E-state index contributed by atoms with van der Waals surface area (Å²) in [6, 6.07) is -0.752. The summed E-state index contributed by atoms with van der Waals surface area (Å²) in [6.45, 7) is 2.95. The van der Waals surface area contributed by atoms with Gasteiger partial charge >= 0.3 is 0 Å². The quantitative estimate of drug-likeness (QED) is 0.512. The first-order chi connectivity index (χ1) is 4.41. The van der Waals surface area contributed by atoms with Crippen LogP contribution in [0.5, 0.6) is 0 Å². The van der Waals surface area contributed by atoms with Gasteiger partial charge in [0.25, 0.3) is 0 Å². The first-order valence-corrected chi connectivity index (χ1v) is 3.02. The van der Waals surface area contributed by atoms with E-state index in [2.05, 4.69) is 0 Å². The van der Waals surface area contributed by atoms with E-state index in [1.54, 1.807) is 6.92 Å². The zero-order chi connectivity index (χ0) is 8.36. The van der Waals surface area contributed by atoms with E-state index in [0.29, 0.717) is 0 Å². The van der Waals surface area contributed by atoms with Crippen molar-refractivity contribution in [3.8, 4) is 0 Å². The van der Waals surface area contributed by atoms with Crippen LogP contribution in [-0.4, -0.2) is 24.7 Å². The number of ketones is 1. The van der Waals surface area contributed by atoms with E-state index >= 15 is 0 Å². The molecule has 0 aromatic rings. The third kappa shape index (κ3) is 2.06. The van der Waals surface area contributed by atoms with Crippen molar-refractivity contribution < 1.29 is 9.53 Å². The van der Waals surface area contributed by atoms with Gasteiger partial charge in [-0.15, -0.1) is 0 Å². The summed E-state index contributed by atoms with van der Waals surface area (Å²) in [5.74, 6) is -0.174. The largest absolute Gasteiger partial charge is 0.362 e. The van der Waals surface area contributed by atoms with E-state index in [1.807, 2.05) is 0 Å². The minimum atomic E-state index is -1.05. The highest BCUT2D eigenvalue weighted by Gasteiger charge is 2.29. The number of Topliss-reactive ketones (excluding diaryl/α,β-unsaturated/α-hetero) is 1. The van der Waals surface area contributed by atoms with Gasteiger partial charge in [0.15, 0.2) is 5.78 Å². The van der Waals surface area contributed by atoms with E-state index in [9.17, 15) is 4.79 Å². The number of methoxy groups -OCH3 is 1. The van der Waals surface area contributed by atoms with Crippen molar-refractivity contribution in [3.05, 3.63) is 0 Å². The van der Waals surface area contributed by atoms with Gasteiger partial charge in [0.05, 0.1) is 0 Å². The lowest BCUT2D eigenvalue weighted by Gasteiger charge is -2.27. The first-order valence-electron chi connectivity index (χ1n) is 3.02. The molecular formula is C6H14N2O2. The van der Waals surface area contributed by atoms with Crippen LogP contribution in [-0.2, 0) is 9.53 Å². The third-order valence-electron chi connectivity index (χ3n) is 1.50. The number of carbonyl (C=O) groups is 1. The molecule has 0 aromatic heterocycles. The number of ether oxygens (including phenoxy) is 1. The number of hydrogen-bond donors (Lipinski definition) is 2. The summed E-state index contributed by atoms with van der Waals surface area (Å²) >= 11 is 0. The average molecular weight is 146 g/mol. The van der Waals surface area contributed by atoms with Gasteiger partial charge in [-0.3, -0.25) is 4.79 Å². The molecule has 0 amide bonds. The summed E-state index contributed by atoms with van der Waals surface area (Å²) < 4.78 is 4.79. The van der Waals surface area contributed by atoms with Crippen molar-refractivity contribution >= 4 is 5.78 Å². The number of rotatable bonds is 3. The lowest BCUT2D eigenvalue weighted by atomic mass is 10.0. The fourth-order valence-corrected chi connectivity index (χ4v) is 0.531. The first kappa shape index (κ1) is 9.55. The van der Waals surface area contributed by atoms with E-state index < -0.39 is 11.8 Å². The summed E-state index contributed by atoms with van der Waals surface area (Å²) in [7, 11) is 1.42. The van der Waals surface area contributed by atoms with Crippen LogP contribution in [0.25, 0.3) is 0 Å². The van der Waals surface area contributed by atoms with Crippen molar-refractivity contribution in [1.29, 1.82) is 0 Å². The fourth-order valence-electron chi connectivity index (χ4n) is 0.531. The lowest BCUT2D eigenvalue weighted by Crippen LogP contribution is -2.57. The van der Waals surface area contributed by atoms with Crippen LogP contribution in [0.4, 0.5) is 0 Å². The van der Waals surface area contributed by atoms with Gasteiger partial charge in [-0.25, -0.2) is 0 Å². The van der Waals surface area contributed by atoms with Crippen LogP contribution in [0.3, 0.4) is 0 Å². The topological polar surface area (TPSA) is 78.3 Å². The number of hydrogen-bond acceptors (Lipinski definition) is 4. The molecule has 0 fully saturated rings. The van der Waals surface area contributed by atoms with Crippen LogP contribution >= 0.6 is 0 Å². The van der Waals surface area contributed by atoms with E-state index in [1.165, 1.54) is 14.0 Å². The average Bonchev–Trinajstić information content (AvgIpc) is 1.86. The van der Waals surface area contributed by atoms with Crippen LogP contribution in [0, 0.1) is 0 Å². The zero-order valence-corrected chi connectivity index (χ0v) is 6.55. The van der Waals surface area contributed by atoms with E-state index in [-0.39, 0.29) is 5.78 Å². The normalized spacial score (nSPS) is 19.7. The molecule has 10 heavy (non-hydrogen) atoms. The van der Waals surface area contributed by atoms with Crippen molar-refractivity contribution in [3.63, 3.8) is 0 Å². The molecule has 0 radical (unpaired) electrons. The van der Waals surface area contributed by atoms with E-state index in [0.717, 1.165) is 0 Å². The Balaban J connectivity index is 4.17. The van der Waals surface area contributed by atoms with Gasteiger partial charge in [-0.1, -0.05) is 0 Å². The molecule has 0 aliphatic heterocycles. The smallest absolute Gasteiger partial charge is 0.150 e. The molecule has 0 heterocycles. The van der Waals surface area contributed by atoms with Crippen molar-refractivity contribution in [2.75, 3.05) is 7.11 Å². The Labute approximate surface area is 60.5 Å². The Kier molecular flexibility index (Phi) is 2.96. The van der Waals surface area contributed by atoms with Crippen molar-refractivity contribution in [2.45, 2.75) is 25.6 Å². The monoisotopic (exact) mass is 146 g/mol. The maximum atomic E-state index is 10.7. The minimum absolute atomic E-state index is 0.174. The Hall–Kier alpha value is -0.450. The summed E-state index contributed by atoms with van der Waals surface area (Å²) in [5, 5.41) is 0. The van der Waals surface area contributed by atoms with E-state index in [4.69, 9.17) is 16.2 Å². The molecule has 0 aromatic carbocycles. The summed E-state index contributed by atoms with van der Waals surface area (Å²) in [4.78, 5) is 10.7. The Morgan fingerprint density at radius 2 is 2.10 bits per heavy atom. The molecular weight excluding hydrogens is 132 g/mol. The van der Waals surface area contributed by atoms with Crippen LogP contribution in [0.2, 0.25) is 0 Å². The molecule has 0 bridgehead atoms. The molecule has 0 aliphatic carbocycles. The Bertz CT molecular complexity index is 134. The molecule has 60 valence electrons. The zero-order valence-electron chi connectivity index (χ0n) is 6.55. The second kappa shape index (κ2) is 3.09. The molecule has 0 saturated carbocycles. The van der Waals surface area contributed by atoms with Crippen molar-refractivity contribution in [2.24, 2.45) is 11.5 Å². The van der Waals surface area contributed by atoms with Gasteiger partial charge in [0, 0.05) is 7.11 Å². The molecule has 4 N–H and O–H groups in total.